The molecule has 0 aliphatic carbocycles. The van der Waals surface area contributed by atoms with Gasteiger partial charge in [-0.1, -0.05) is 23.2 Å². The molecule has 2 aromatic rings. The summed E-state index contributed by atoms with van der Waals surface area (Å²) in [4.78, 5) is 21.6. The van der Waals surface area contributed by atoms with Gasteiger partial charge in [-0.2, -0.15) is 26.3 Å². The van der Waals surface area contributed by atoms with E-state index in [1.165, 1.54) is 20.1 Å². The first-order valence-corrected chi connectivity index (χ1v) is 9.71. The Bertz CT molecular complexity index is 1060. The minimum absolute atomic E-state index is 0.0403. The van der Waals surface area contributed by atoms with Gasteiger partial charge in [0.2, 0.25) is 11.8 Å². The Morgan fingerprint density at radius 1 is 0.794 bits per heavy atom. The van der Waals surface area contributed by atoms with Crippen molar-refractivity contribution in [3.8, 4) is 11.5 Å². The number of alkyl halides is 6. The average molecular weight is 535 g/mol. The molecular weight excluding hydrogens is 517 g/mol. The fourth-order valence-corrected chi connectivity index (χ4v) is 3.13. The van der Waals surface area contributed by atoms with E-state index < -0.39 is 45.3 Å². The van der Waals surface area contributed by atoms with Gasteiger partial charge in [0.25, 0.3) is 0 Å². The number of benzene rings is 2. The first-order chi connectivity index (χ1) is 15.5. The van der Waals surface area contributed by atoms with E-state index in [-0.39, 0.29) is 22.9 Å². The van der Waals surface area contributed by atoms with E-state index in [1.807, 2.05) is 0 Å². The molecule has 0 bridgehead atoms. The van der Waals surface area contributed by atoms with Crippen LogP contribution in [0.3, 0.4) is 0 Å². The van der Waals surface area contributed by atoms with Crippen LogP contribution in [0.4, 0.5) is 37.7 Å². The number of hydrogen-bond acceptors (Lipinski definition) is 4. The van der Waals surface area contributed by atoms with E-state index >= 15 is 0 Å². The van der Waals surface area contributed by atoms with Gasteiger partial charge >= 0.3 is 12.4 Å². The molecule has 0 atom stereocenters. The van der Waals surface area contributed by atoms with Crippen LogP contribution in [0.2, 0.25) is 10.0 Å². The lowest BCUT2D eigenvalue weighted by Crippen LogP contribution is -2.12. The number of methoxy groups -OCH3 is 2. The predicted octanol–water partition coefficient (Wildman–Crippen LogP) is 6.65. The lowest BCUT2D eigenvalue weighted by molar-refractivity contribution is -0.138. The van der Waals surface area contributed by atoms with Crippen LogP contribution in [-0.2, 0) is 21.9 Å². The topological polar surface area (TPSA) is 76.7 Å². The summed E-state index contributed by atoms with van der Waals surface area (Å²) < 4.78 is 85.2. The van der Waals surface area contributed by atoms with Crippen molar-refractivity contribution in [3.05, 3.63) is 45.4 Å². The highest BCUT2D eigenvalue weighted by Crippen LogP contribution is 2.47. The number of amides is 2. The van der Waals surface area contributed by atoms with Gasteiger partial charge in [-0.25, -0.2) is 0 Å². The molecule has 0 aliphatic rings. The minimum atomic E-state index is -4.75. The number of hydrogen-bond donors (Lipinski definition) is 2. The minimum Gasteiger partial charge on any atom is -0.497 e. The summed E-state index contributed by atoms with van der Waals surface area (Å²) in [5.41, 5.74) is -2.26. The summed E-state index contributed by atoms with van der Waals surface area (Å²) in [6.45, 7) is 2.36. The summed E-state index contributed by atoms with van der Waals surface area (Å²) in [6, 6.07) is 4.16. The Balaban J connectivity index is 0.000000342. The van der Waals surface area contributed by atoms with Gasteiger partial charge in [0.05, 0.1) is 41.1 Å². The maximum Gasteiger partial charge on any atom is 0.419 e. The van der Waals surface area contributed by atoms with Crippen molar-refractivity contribution < 1.29 is 45.4 Å². The molecule has 0 radical (unpaired) electrons. The molecule has 14 heteroatoms. The van der Waals surface area contributed by atoms with Crippen LogP contribution in [0.15, 0.2) is 24.3 Å². The van der Waals surface area contributed by atoms with Crippen LogP contribution in [0.1, 0.15) is 25.0 Å². The van der Waals surface area contributed by atoms with E-state index in [4.69, 9.17) is 32.7 Å². The smallest absolute Gasteiger partial charge is 0.419 e. The summed E-state index contributed by atoms with van der Waals surface area (Å²) in [6.07, 6.45) is -9.22. The fourth-order valence-electron chi connectivity index (χ4n) is 2.45. The van der Waals surface area contributed by atoms with Gasteiger partial charge < -0.3 is 20.1 Å². The highest BCUT2D eigenvalue weighted by molar-refractivity contribution is 6.39. The fraction of sp³-hybridized carbons (Fsp3) is 0.300. The maximum atomic E-state index is 12.8. The molecule has 2 amide bonds. The molecule has 0 aliphatic heterocycles. The molecule has 0 spiro atoms. The van der Waals surface area contributed by atoms with Gasteiger partial charge in [0.1, 0.15) is 11.5 Å². The van der Waals surface area contributed by atoms with Crippen molar-refractivity contribution in [3.63, 3.8) is 0 Å². The van der Waals surface area contributed by atoms with Gasteiger partial charge in [-0.15, -0.1) is 0 Å². The van der Waals surface area contributed by atoms with Crippen molar-refractivity contribution in [2.24, 2.45) is 0 Å². The number of halogens is 8. The molecule has 188 valence electrons. The van der Waals surface area contributed by atoms with Crippen LogP contribution >= 0.6 is 23.2 Å². The first-order valence-electron chi connectivity index (χ1n) is 8.95. The highest BCUT2D eigenvalue weighted by Gasteiger charge is 2.38. The van der Waals surface area contributed by atoms with Gasteiger partial charge in [0, 0.05) is 31.7 Å². The first kappa shape index (κ1) is 29.2. The second-order valence-electron chi connectivity index (χ2n) is 6.44. The Morgan fingerprint density at radius 3 is 1.76 bits per heavy atom. The highest BCUT2D eigenvalue weighted by atomic mass is 35.5. The molecule has 6 nitrogen and oxygen atoms in total. The zero-order chi connectivity index (χ0) is 26.4. The molecular formula is C20H18Cl2F6N2O4. The summed E-state index contributed by atoms with van der Waals surface area (Å²) in [5.74, 6) is -1.19. The molecule has 0 unspecified atom stereocenters. The second kappa shape index (κ2) is 11.5. The Labute approximate surface area is 200 Å². The summed E-state index contributed by atoms with van der Waals surface area (Å²) >= 11 is 11.2. The predicted molar refractivity (Wildman–Crippen MR) is 115 cm³/mol. The number of nitrogens with one attached hydrogen (secondary N) is 2. The zero-order valence-corrected chi connectivity index (χ0v) is 19.5. The van der Waals surface area contributed by atoms with E-state index in [1.54, 1.807) is 0 Å². The Kier molecular flexibility index (Phi) is 9.88. The van der Waals surface area contributed by atoms with Crippen molar-refractivity contribution in [1.82, 2.24) is 0 Å². The van der Waals surface area contributed by atoms with Crippen LogP contribution < -0.4 is 20.1 Å². The van der Waals surface area contributed by atoms with Gasteiger partial charge in [-0.3, -0.25) is 9.59 Å². The Hall–Kier alpha value is -2.86. The van der Waals surface area contributed by atoms with Crippen molar-refractivity contribution in [2.75, 3.05) is 24.9 Å². The summed E-state index contributed by atoms with van der Waals surface area (Å²) in [5, 5.41) is 3.12. The molecule has 2 N–H and O–H groups in total. The normalized spacial score (nSPS) is 11.2. The monoisotopic (exact) mass is 534 g/mol. The van der Waals surface area contributed by atoms with E-state index in [0.29, 0.717) is 0 Å². The standard InChI is InChI=1S/C10H8Cl2F3NO2.C10H10F3NO2/c1-4(17)16-5-3-6(18-2)9(12)7(8(5)11)10(13,14)15;1-6(15)14-8-3-7(10(11,12)13)4-9(5-8)16-2/h3H,1-2H3,(H,16,17);3-5H,1-2H3,(H,14,15). The third-order valence-electron chi connectivity index (χ3n) is 3.77. The maximum absolute atomic E-state index is 12.8. The molecule has 0 fully saturated rings. The van der Waals surface area contributed by atoms with E-state index in [2.05, 4.69) is 10.6 Å². The van der Waals surface area contributed by atoms with Gasteiger partial charge in [0.15, 0.2) is 0 Å². The molecule has 0 heterocycles. The molecule has 0 saturated heterocycles. The van der Waals surface area contributed by atoms with Crippen LogP contribution in [0.25, 0.3) is 0 Å². The van der Waals surface area contributed by atoms with E-state index in [0.717, 1.165) is 32.2 Å². The molecule has 0 saturated carbocycles. The Morgan fingerprint density at radius 2 is 1.35 bits per heavy atom. The number of carbonyl (C=O) groups is 2. The number of anilines is 2. The number of rotatable bonds is 4. The van der Waals surface area contributed by atoms with Crippen LogP contribution in [-0.4, -0.2) is 26.0 Å². The summed E-state index contributed by atoms with van der Waals surface area (Å²) in [7, 11) is 2.42. The SMILES string of the molecule is COc1cc(NC(C)=O)c(Cl)c(C(F)(F)F)c1Cl.COc1cc(NC(C)=O)cc(C(F)(F)F)c1. The third kappa shape index (κ3) is 8.17. The quantitative estimate of drug-likeness (QED) is 0.430. The largest absolute Gasteiger partial charge is 0.497 e. The average Bonchev–Trinajstić information content (AvgIpc) is 2.68. The van der Waals surface area contributed by atoms with Crippen molar-refractivity contribution in [1.29, 1.82) is 0 Å². The lowest BCUT2D eigenvalue weighted by Gasteiger charge is -2.17. The number of ether oxygens (including phenoxy) is 2. The lowest BCUT2D eigenvalue weighted by atomic mass is 10.1. The molecule has 2 aromatic carbocycles. The van der Waals surface area contributed by atoms with E-state index in [9.17, 15) is 35.9 Å². The third-order valence-corrected chi connectivity index (χ3v) is 4.54. The molecule has 0 aromatic heterocycles. The van der Waals surface area contributed by atoms with Crippen LogP contribution in [0, 0.1) is 0 Å². The van der Waals surface area contributed by atoms with Gasteiger partial charge in [-0.05, 0) is 12.1 Å². The molecule has 34 heavy (non-hydrogen) atoms. The second-order valence-corrected chi connectivity index (χ2v) is 7.19. The van der Waals surface area contributed by atoms with Crippen molar-refractivity contribution >= 4 is 46.4 Å². The van der Waals surface area contributed by atoms with Crippen LogP contribution in [0.5, 0.6) is 11.5 Å². The molecule has 2 rings (SSSR count). The zero-order valence-electron chi connectivity index (χ0n) is 18.0. The van der Waals surface area contributed by atoms with Crippen molar-refractivity contribution in [2.45, 2.75) is 26.2 Å². The number of carbonyl (C=O) groups excluding carboxylic acids is 2.